The fourth-order valence-electron chi connectivity index (χ4n) is 6.40. The Morgan fingerprint density at radius 3 is 1.33 bits per heavy atom. The number of nitrogens with one attached hydrogen (secondary N) is 3. The van der Waals surface area contributed by atoms with Crippen molar-refractivity contribution in [3.8, 4) is 11.5 Å². The highest BCUT2D eigenvalue weighted by Gasteiger charge is 2.40. The van der Waals surface area contributed by atoms with Crippen molar-refractivity contribution < 1.29 is 56.3 Å². The summed E-state index contributed by atoms with van der Waals surface area (Å²) in [5.41, 5.74) is 0.165. The van der Waals surface area contributed by atoms with Crippen LogP contribution >= 0.6 is 7.82 Å². The summed E-state index contributed by atoms with van der Waals surface area (Å²) in [4.78, 5) is 56.7. The molecule has 5 aromatic rings. The van der Waals surface area contributed by atoms with Crippen molar-refractivity contribution in [2.45, 2.75) is 117 Å². The molecule has 3 amide bonds. The summed E-state index contributed by atoms with van der Waals surface area (Å²) in [6, 6.07) is 36.5. The predicted octanol–water partition coefficient (Wildman–Crippen LogP) is 10.3. The second kappa shape index (κ2) is 24.2. The van der Waals surface area contributed by atoms with Crippen molar-refractivity contribution in [3.05, 3.63) is 167 Å². The van der Waals surface area contributed by atoms with Crippen molar-refractivity contribution in [2.24, 2.45) is 0 Å². The molecule has 0 aromatic heterocycles. The highest BCUT2D eigenvalue weighted by molar-refractivity contribution is 7.48. The maximum absolute atomic E-state index is 14.7. The van der Waals surface area contributed by atoms with E-state index in [1.807, 2.05) is 66.7 Å². The van der Waals surface area contributed by atoms with Gasteiger partial charge in [0, 0.05) is 0 Å². The standard InChI is InChI=1S/C53H64N3O12P/c1-51(2,3)66-50(60)56-45(40-25-29-42(30-26-40)62-33-37-19-13-10-14-20-37)48(58)54-44(36-65-69(61,67-52(4,5)6)68-53(7,8)9)47(57)55-46(49(59)64-35-39-23-17-12-18-24-39)41-27-31-43(32-28-41)63-34-38-21-15-11-16-22-38/h10-32,44-46H,33-36H2,1-9H3,(H,54,58)(H,55,57)(H,56,60)/t44-,45+,46-/m0/s1. The lowest BCUT2D eigenvalue weighted by Crippen LogP contribution is -2.54. The summed E-state index contributed by atoms with van der Waals surface area (Å²) in [5, 5.41) is 7.99. The number of benzene rings is 5. The van der Waals surface area contributed by atoms with E-state index in [4.69, 9.17) is 32.5 Å². The summed E-state index contributed by atoms with van der Waals surface area (Å²) in [7, 11) is -4.49. The van der Waals surface area contributed by atoms with Crippen LogP contribution in [0, 0.1) is 0 Å². The molecule has 16 heteroatoms. The van der Waals surface area contributed by atoms with E-state index in [9.17, 15) is 23.7 Å². The Morgan fingerprint density at radius 2 is 0.913 bits per heavy atom. The van der Waals surface area contributed by atoms with Crippen LogP contribution in [-0.2, 0) is 61.8 Å². The maximum atomic E-state index is 14.7. The average Bonchev–Trinajstić information content (AvgIpc) is 3.28. The van der Waals surface area contributed by atoms with E-state index in [2.05, 4.69) is 16.0 Å². The summed E-state index contributed by atoms with van der Waals surface area (Å²) in [6.45, 7) is 14.6. The van der Waals surface area contributed by atoms with Crippen molar-refractivity contribution in [3.63, 3.8) is 0 Å². The molecule has 0 aliphatic heterocycles. The van der Waals surface area contributed by atoms with E-state index in [-0.39, 0.29) is 13.2 Å². The molecule has 368 valence electrons. The number of carbonyl (C=O) groups is 4. The first kappa shape index (κ1) is 53.4. The van der Waals surface area contributed by atoms with Crippen LogP contribution in [0.3, 0.4) is 0 Å². The topological polar surface area (TPSA) is 186 Å². The molecule has 0 heterocycles. The van der Waals surface area contributed by atoms with Crippen LogP contribution < -0.4 is 25.4 Å². The molecule has 0 aliphatic rings. The van der Waals surface area contributed by atoms with Gasteiger partial charge in [-0.15, -0.1) is 0 Å². The van der Waals surface area contributed by atoms with Crippen LogP contribution in [0.5, 0.6) is 11.5 Å². The number of phosphoric ester groups is 1. The molecule has 0 saturated heterocycles. The average molecular weight is 966 g/mol. The number of amides is 3. The molecule has 5 rings (SSSR count). The van der Waals surface area contributed by atoms with Gasteiger partial charge in [0.2, 0.25) is 11.8 Å². The van der Waals surface area contributed by atoms with Gasteiger partial charge >= 0.3 is 19.9 Å². The normalized spacial score (nSPS) is 13.2. The lowest BCUT2D eigenvalue weighted by molar-refractivity contribution is -0.149. The van der Waals surface area contributed by atoms with Crippen molar-refractivity contribution in [1.29, 1.82) is 0 Å². The number of ether oxygens (including phenoxy) is 4. The Morgan fingerprint density at radius 1 is 0.493 bits per heavy atom. The van der Waals surface area contributed by atoms with E-state index < -0.39 is 73.2 Å². The molecule has 0 saturated carbocycles. The zero-order valence-electron chi connectivity index (χ0n) is 40.7. The van der Waals surface area contributed by atoms with Gasteiger partial charge in [-0.1, -0.05) is 115 Å². The van der Waals surface area contributed by atoms with Crippen LogP contribution in [0.1, 0.15) is 102 Å². The molecule has 0 aliphatic carbocycles. The van der Waals surface area contributed by atoms with E-state index >= 15 is 0 Å². The van der Waals surface area contributed by atoms with Gasteiger partial charge in [-0.05, 0) is 114 Å². The molecule has 15 nitrogen and oxygen atoms in total. The van der Waals surface area contributed by atoms with Crippen LogP contribution in [0.25, 0.3) is 0 Å². The first-order valence-electron chi connectivity index (χ1n) is 22.5. The van der Waals surface area contributed by atoms with Gasteiger partial charge in [-0.3, -0.25) is 23.2 Å². The van der Waals surface area contributed by atoms with Gasteiger partial charge in [-0.25, -0.2) is 14.2 Å². The molecule has 0 spiro atoms. The molecule has 5 aromatic carbocycles. The van der Waals surface area contributed by atoms with Crippen LogP contribution in [0.4, 0.5) is 4.79 Å². The summed E-state index contributed by atoms with van der Waals surface area (Å²) in [6.07, 6.45) is -0.927. The largest absolute Gasteiger partial charge is 0.489 e. The predicted molar refractivity (Wildman–Crippen MR) is 261 cm³/mol. The molecule has 3 atom stereocenters. The molecule has 69 heavy (non-hydrogen) atoms. The van der Waals surface area contributed by atoms with Crippen LogP contribution in [-0.4, -0.2) is 53.3 Å². The minimum absolute atomic E-state index is 0.112. The number of esters is 1. The van der Waals surface area contributed by atoms with E-state index in [0.717, 1.165) is 11.1 Å². The zero-order chi connectivity index (χ0) is 50.2. The Bertz CT molecular complexity index is 2450. The SMILES string of the molecule is CC(C)(C)OC(=O)N[C@@H](C(=O)N[C@@H](COP(=O)(OC(C)(C)C)OC(C)(C)C)C(=O)N[C@H](C(=O)OCc1ccccc1)c1ccc(OCc2ccccc2)cc1)c1ccc(OCc2ccccc2)cc1. The third kappa shape index (κ3) is 18.8. The van der Waals surface area contributed by atoms with Gasteiger partial charge in [0.1, 0.15) is 49.0 Å². The molecule has 3 N–H and O–H groups in total. The minimum Gasteiger partial charge on any atom is -0.489 e. The lowest BCUT2D eigenvalue weighted by Gasteiger charge is -2.32. The monoisotopic (exact) mass is 965 g/mol. The highest BCUT2D eigenvalue weighted by Crippen LogP contribution is 2.55. The third-order valence-corrected chi connectivity index (χ3v) is 11.4. The van der Waals surface area contributed by atoms with Gasteiger partial charge in [0.05, 0.1) is 17.8 Å². The van der Waals surface area contributed by atoms with Crippen LogP contribution in [0.2, 0.25) is 0 Å². The zero-order valence-corrected chi connectivity index (χ0v) is 41.6. The Labute approximate surface area is 405 Å². The second-order valence-electron chi connectivity index (χ2n) is 19.0. The Kier molecular flexibility index (Phi) is 18.7. The Balaban J connectivity index is 1.48. The van der Waals surface area contributed by atoms with Gasteiger partial charge in [0.25, 0.3) is 0 Å². The lowest BCUT2D eigenvalue weighted by atomic mass is 10.0. The summed E-state index contributed by atoms with van der Waals surface area (Å²) < 4.78 is 55.1. The quantitative estimate of drug-likeness (QED) is 0.0468. The smallest absolute Gasteiger partial charge is 0.475 e. The number of hydrogen-bond donors (Lipinski definition) is 3. The number of carbonyl (C=O) groups excluding carboxylic acids is 4. The third-order valence-electron chi connectivity index (χ3n) is 9.40. The summed E-state index contributed by atoms with van der Waals surface area (Å²) >= 11 is 0. The minimum atomic E-state index is -4.49. The van der Waals surface area contributed by atoms with Gasteiger partial charge < -0.3 is 34.9 Å². The van der Waals surface area contributed by atoms with E-state index in [1.54, 1.807) is 135 Å². The van der Waals surface area contributed by atoms with Crippen molar-refractivity contribution in [2.75, 3.05) is 6.61 Å². The van der Waals surface area contributed by atoms with Gasteiger partial charge in [0.15, 0.2) is 6.04 Å². The Hall–Kier alpha value is -6.51. The molecule has 0 fully saturated rings. The first-order chi connectivity index (χ1) is 32.5. The molecule has 0 radical (unpaired) electrons. The first-order valence-corrected chi connectivity index (χ1v) is 24.0. The fraction of sp³-hybridized carbons (Fsp3) is 0.358. The van der Waals surface area contributed by atoms with E-state index in [1.165, 1.54) is 0 Å². The summed E-state index contributed by atoms with van der Waals surface area (Å²) in [5.74, 6) is -1.69. The van der Waals surface area contributed by atoms with Crippen molar-refractivity contribution in [1.82, 2.24) is 16.0 Å². The highest BCUT2D eigenvalue weighted by atomic mass is 31.2. The van der Waals surface area contributed by atoms with Gasteiger partial charge in [-0.2, -0.15) is 0 Å². The maximum Gasteiger partial charge on any atom is 0.475 e. The molecular weight excluding hydrogens is 902 g/mol. The molecular formula is C53H64N3O12P. The van der Waals surface area contributed by atoms with E-state index in [0.29, 0.717) is 34.8 Å². The second-order valence-corrected chi connectivity index (χ2v) is 20.5. The van der Waals surface area contributed by atoms with Crippen LogP contribution in [0.15, 0.2) is 140 Å². The fourth-order valence-corrected chi connectivity index (χ4v) is 8.22. The molecule has 0 unspecified atom stereocenters. The van der Waals surface area contributed by atoms with Crippen molar-refractivity contribution >= 4 is 31.7 Å². The number of rotatable bonds is 21. The number of phosphoric acid groups is 1. The molecule has 0 bridgehead atoms. The number of alkyl carbamates (subject to hydrolysis) is 1. The number of hydrogen-bond acceptors (Lipinski definition) is 12.